The number of benzene rings is 3. The number of methoxy groups -OCH3 is 1. The predicted molar refractivity (Wildman–Crippen MR) is 123 cm³/mol. The lowest BCUT2D eigenvalue weighted by Crippen LogP contribution is -2.34. The summed E-state index contributed by atoms with van der Waals surface area (Å²) < 4.78 is 11.0. The molecule has 0 saturated heterocycles. The second kappa shape index (κ2) is 11.0. The summed E-state index contributed by atoms with van der Waals surface area (Å²) in [4.78, 5) is 12.4. The highest BCUT2D eigenvalue weighted by Crippen LogP contribution is 2.18. The molecule has 1 amide bonds. The number of ether oxygens (including phenoxy) is 2. The molecular formula is C24H24N2O3S. The summed E-state index contributed by atoms with van der Waals surface area (Å²) in [6, 6.07) is 24.8. The third-order valence-electron chi connectivity index (χ3n) is 4.41. The molecule has 0 fully saturated rings. The number of thiocarbonyl (C=S) groups is 1. The molecule has 0 atom stereocenters. The lowest BCUT2D eigenvalue weighted by molar-refractivity contribution is 0.0975. The molecule has 0 aliphatic carbocycles. The quantitative estimate of drug-likeness (QED) is 0.404. The summed E-state index contributed by atoms with van der Waals surface area (Å²) in [6.07, 6.45) is 1.93. The van der Waals surface area contributed by atoms with Gasteiger partial charge in [-0.05, 0) is 67.0 Å². The number of rotatable bonds is 8. The lowest BCUT2D eigenvalue weighted by atomic mass is 10.1. The normalized spacial score (nSPS) is 10.2. The Morgan fingerprint density at radius 2 is 1.63 bits per heavy atom. The van der Waals surface area contributed by atoms with Crippen LogP contribution in [0.1, 0.15) is 22.3 Å². The van der Waals surface area contributed by atoms with E-state index < -0.39 is 0 Å². The highest BCUT2D eigenvalue weighted by atomic mass is 32.1. The second-order valence-corrected chi connectivity index (χ2v) is 6.98. The Kier molecular flexibility index (Phi) is 7.80. The van der Waals surface area contributed by atoms with Crippen LogP contribution < -0.4 is 20.1 Å². The fraction of sp³-hybridized carbons (Fsp3) is 0.167. The Hall–Kier alpha value is -3.38. The third-order valence-corrected chi connectivity index (χ3v) is 4.62. The molecule has 0 unspecified atom stereocenters. The van der Waals surface area contributed by atoms with Crippen molar-refractivity contribution in [1.82, 2.24) is 5.32 Å². The maximum atomic E-state index is 12.4. The van der Waals surface area contributed by atoms with Gasteiger partial charge in [-0.2, -0.15) is 0 Å². The molecule has 3 aromatic carbocycles. The molecule has 0 radical (unpaired) electrons. The van der Waals surface area contributed by atoms with Gasteiger partial charge in [0.15, 0.2) is 5.11 Å². The molecule has 6 heteroatoms. The average Bonchev–Trinajstić information content (AvgIpc) is 2.78. The topological polar surface area (TPSA) is 59.6 Å². The smallest absolute Gasteiger partial charge is 0.261 e. The van der Waals surface area contributed by atoms with Gasteiger partial charge in [0, 0.05) is 5.69 Å². The van der Waals surface area contributed by atoms with Crippen LogP contribution in [0.2, 0.25) is 0 Å². The van der Waals surface area contributed by atoms with Gasteiger partial charge in [0.2, 0.25) is 0 Å². The molecule has 0 bridgehead atoms. The molecular weight excluding hydrogens is 396 g/mol. The van der Waals surface area contributed by atoms with Crippen molar-refractivity contribution in [3.63, 3.8) is 0 Å². The number of amides is 1. The highest BCUT2D eigenvalue weighted by molar-refractivity contribution is 7.80. The van der Waals surface area contributed by atoms with Crippen molar-refractivity contribution < 1.29 is 14.3 Å². The summed E-state index contributed by atoms with van der Waals surface area (Å²) in [5.74, 6) is 0.951. The van der Waals surface area contributed by atoms with Crippen molar-refractivity contribution in [3.05, 3.63) is 90.0 Å². The van der Waals surface area contributed by atoms with Gasteiger partial charge in [-0.15, -0.1) is 0 Å². The van der Waals surface area contributed by atoms with Crippen LogP contribution in [0.3, 0.4) is 0 Å². The second-order valence-electron chi connectivity index (χ2n) is 6.57. The number of anilines is 1. The summed E-state index contributed by atoms with van der Waals surface area (Å²) in [5, 5.41) is 5.87. The first-order chi connectivity index (χ1) is 14.7. The van der Waals surface area contributed by atoms with E-state index in [1.165, 1.54) is 12.7 Å². The fourth-order valence-electron chi connectivity index (χ4n) is 2.91. The van der Waals surface area contributed by atoms with Gasteiger partial charge in [-0.3, -0.25) is 10.1 Å². The molecule has 0 aliphatic heterocycles. The first-order valence-corrected chi connectivity index (χ1v) is 10.1. The summed E-state index contributed by atoms with van der Waals surface area (Å²) in [6.45, 7) is 0.648. The Balaban J connectivity index is 1.44. The molecule has 30 heavy (non-hydrogen) atoms. The molecule has 3 rings (SSSR count). The first kappa shape index (κ1) is 21.3. The zero-order chi connectivity index (χ0) is 21.2. The number of carbonyl (C=O) groups is 1. The van der Waals surface area contributed by atoms with Crippen LogP contribution in [0.15, 0.2) is 78.9 Å². The van der Waals surface area contributed by atoms with Gasteiger partial charge in [0.25, 0.3) is 5.91 Å². The molecule has 0 aliphatic rings. The fourth-order valence-corrected chi connectivity index (χ4v) is 3.12. The molecule has 0 saturated carbocycles. The van der Waals surface area contributed by atoms with Gasteiger partial charge in [-0.25, -0.2) is 0 Å². The Labute approximate surface area is 182 Å². The van der Waals surface area contributed by atoms with E-state index in [4.69, 9.17) is 21.7 Å². The Morgan fingerprint density at radius 3 is 2.37 bits per heavy atom. The molecule has 0 spiro atoms. The highest BCUT2D eigenvalue weighted by Gasteiger charge is 2.12. The number of hydrogen-bond donors (Lipinski definition) is 2. The van der Waals surface area contributed by atoms with Crippen LogP contribution in [-0.2, 0) is 6.42 Å². The largest absolute Gasteiger partial charge is 0.496 e. The van der Waals surface area contributed by atoms with Crippen molar-refractivity contribution in [2.75, 3.05) is 19.0 Å². The standard InChI is InChI=1S/C24H24N2O3S/c1-28-22-12-6-5-11-21(22)23(27)26-24(30)25-19-13-15-20(16-14-19)29-17-7-10-18-8-3-2-4-9-18/h2-6,8-9,11-16H,7,10,17H2,1H3,(H2,25,26,27,30). The van der Waals surface area contributed by atoms with Crippen LogP contribution in [-0.4, -0.2) is 24.7 Å². The van der Waals surface area contributed by atoms with Crippen LogP contribution in [0, 0.1) is 0 Å². The van der Waals surface area contributed by atoms with E-state index >= 15 is 0 Å². The average molecular weight is 421 g/mol. The summed E-state index contributed by atoms with van der Waals surface area (Å²) >= 11 is 5.24. The Morgan fingerprint density at radius 1 is 0.933 bits per heavy atom. The minimum Gasteiger partial charge on any atom is -0.496 e. The minimum absolute atomic E-state index is 0.211. The van der Waals surface area contributed by atoms with Crippen LogP contribution >= 0.6 is 12.2 Å². The van der Waals surface area contributed by atoms with Crippen molar-refractivity contribution in [2.45, 2.75) is 12.8 Å². The van der Waals surface area contributed by atoms with Crippen molar-refractivity contribution in [1.29, 1.82) is 0 Å². The van der Waals surface area contributed by atoms with Crippen LogP contribution in [0.25, 0.3) is 0 Å². The SMILES string of the molecule is COc1ccccc1C(=O)NC(=S)Nc1ccc(OCCCc2ccccc2)cc1. The summed E-state index contributed by atoms with van der Waals surface area (Å²) in [5.41, 5.74) is 2.49. The van der Waals surface area contributed by atoms with E-state index in [1.54, 1.807) is 24.3 Å². The molecule has 5 nitrogen and oxygen atoms in total. The van der Waals surface area contributed by atoms with Gasteiger partial charge < -0.3 is 14.8 Å². The van der Waals surface area contributed by atoms with E-state index in [0.29, 0.717) is 17.9 Å². The Bertz CT molecular complexity index is 975. The number of aryl methyl sites for hydroxylation is 1. The monoisotopic (exact) mass is 420 g/mol. The van der Waals surface area contributed by atoms with E-state index in [0.717, 1.165) is 24.3 Å². The zero-order valence-electron chi connectivity index (χ0n) is 16.8. The first-order valence-electron chi connectivity index (χ1n) is 9.68. The molecule has 3 aromatic rings. The number of nitrogens with one attached hydrogen (secondary N) is 2. The lowest BCUT2D eigenvalue weighted by Gasteiger charge is -2.12. The maximum absolute atomic E-state index is 12.4. The van der Waals surface area contributed by atoms with Gasteiger partial charge >= 0.3 is 0 Å². The number of hydrogen-bond acceptors (Lipinski definition) is 4. The van der Waals surface area contributed by atoms with E-state index in [2.05, 4.69) is 22.8 Å². The molecule has 154 valence electrons. The van der Waals surface area contributed by atoms with Crippen LogP contribution in [0.5, 0.6) is 11.5 Å². The molecule has 2 N–H and O–H groups in total. The van der Waals surface area contributed by atoms with E-state index in [1.807, 2.05) is 42.5 Å². The van der Waals surface area contributed by atoms with Crippen molar-refractivity contribution in [3.8, 4) is 11.5 Å². The minimum atomic E-state index is -0.330. The predicted octanol–water partition coefficient (Wildman–Crippen LogP) is 4.83. The third kappa shape index (κ3) is 6.32. The molecule has 0 heterocycles. The van der Waals surface area contributed by atoms with Crippen molar-refractivity contribution in [2.24, 2.45) is 0 Å². The summed E-state index contributed by atoms with van der Waals surface area (Å²) in [7, 11) is 1.52. The van der Waals surface area contributed by atoms with E-state index in [9.17, 15) is 4.79 Å². The molecule has 0 aromatic heterocycles. The van der Waals surface area contributed by atoms with Gasteiger partial charge in [0.05, 0.1) is 19.3 Å². The number of para-hydroxylation sites is 1. The van der Waals surface area contributed by atoms with E-state index in [-0.39, 0.29) is 11.0 Å². The maximum Gasteiger partial charge on any atom is 0.261 e. The number of carbonyl (C=O) groups excluding carboxylic acids is 1. The van der Waals surface area contributed by atoms with Crippen molar-refractivity contribution >= 4 is 28.9 Å². The van der Waals surface area contributed by atoms with Gasteiger partial charge in [0.1, 0.15) is 11.5 Å². The van der Waals surface area contributed by atoms with Crippen LogP contribution in [0.4, 0.5) is 5.69 Å². The zero-order valence-corrected chi connectivity index (χ0v) is 17.6. The van der Waals surface area contributed by atoms with Gasteiger partial charge in [-0.1, -0.05) is 42.5 Å².